The number of carbonyl (C=O) groups excluding carboxylic acids is 2. The van der Waals surface area contributed by atoms with E-state index in [0.717, 1.165) is 36.8 Å². The van der Waals surface area contributed by atoms with Gasteiger partial charge in [-0.05, 0) is 43.5 Å². The number of amides is 3. The molecule has 0 bridgehead atoms. The van der Waals surface area contributed by atoms with Gasteiger partial charge in [0.25, 0.3) is 5.91 Å². The number of carbonyl (C=O) groups is 2. The van der Waals surface area contributed by atoms with Crippen molar-refractivity contribution in [2.75, 3.05) is 0 Å². The van der Waals surface area contributed by atoms with Crippen LogP contribution in [0.5, 0.6) is 0 Å². The summed E-state index contributed by atoms with van der Waals surface area (Å²) in [6.07, 6.45) is 3.77. The van der Waals surface area contributed by atoms with Gasteiger partial charge in [-0.15, -0.1) is 0 Å². The largest absolute Gasteiger partial charge is 0.347 e. The van der Waals surface area contributed by atoms with Crippen LogP contribution in [-0.4, -0.2) is 24.0 Å². The smallest absolute Gasteiger partial charge is 0.315 e. The van der Waals surface area contributed by atoms with E-state index in [1.54, 1.807) is 6.07 Å². The van der Waals surface area contributed by atoms with E-state index in [1.165, 1.54) is 0 Å². The van der Waals surface area contributed by atoms with Crippen molar-refractivity contribution in [3.8, 4) is 0 Å². The fourth-order valence-electron chi connectivity index (χ4n) is 3.47. The van der Waals surface area contributed by atoms with Crippen LogP contribution in [0, 0.1) is 6.92 Å². The van der Waals surface area contributed by atoms with Crippen LogP contribution in [0.15, 0.2) is 48.5 Å². The topological polar surface area (TPSA) is 70.2 Å². The van der Waals surface area contributed by atoms with Gasteiger partial charge in [-0.25, -0.2) is 4.79 Å². The first-order valence-electron chi connectivity index (χ1n) is 9.68. The summed E-state index contributed by atoms with van der Waals surface area (Å²) in [6.45, 7) is 2.35. The molecule has 148 valence electrons. The number of nitrogens with one attached hydrogen (secondary N) is 3. The van der Waals surface area contributed by atoms with E-state index in [1.807, 2.05) is 49.4 Å². The van der Waals surface area contributed by atoms with Crippen LogP contribution < -0.4 is 16.0 Å². The Morgan fingerprint density at radius 2 is 1.61 bits per heavy atom. The van der Waals surface area contributed by atoms with E-state index in [4.69, 9.17) is 11.6 Å². The third-order valence-corrected chi connectivity index (χ3v) is 5.48. The average molecular weight is 400 g/mol. The van der Waals surface area contributed by atoms with Crippen LogP contribution in [0.2, 0.25) is 5.02 Å². The lowest BCUT2D eigenvalue weighted by Crippen LogP contribution is -2.55. The quantitative estimate of drug-likeness (QED) is 0.705. The van der Waals surface area contributed by atoms with Crippen molar-refractivity contribution < 1.29 is 9.59 Å². The predicted octanol–water partition coefficient (Wildman–Crippen LogP) is 4.19. The van der Waals surface area contributed by atoms with E-state index in [9.17, 15) is 9.59 Å². The predicted molar refractivity (Wildman–Crippen MR) is 112 cm³/mol. The molecule has 0 aromatic heterocycles. The monoisotopic (exact) mass is 399 g/mol. The number of hydrogen-bond acceptors (Lipinski definition) is 2. The first-order valence-corrected chi connectivity index (χ1v) is 10.1. The Morgan fingerprint density at radius 1 is 0.964 bits per heavy atom. The third kappa shape index (κ3) is 5.49. The maximum Gasteiger partial charge on any atom is 0.315 e. The van der Waals surface area contributed by atoms with Crippen LogP contribution in [-0.2, 0) is 6.54 Å². The van der Waals surface area contributed by atoms with Gasteiger partial charge in [0, 0.05) is 23.2 Å². The van der Waals surface area contributed by atoms with Gasteiger partial charge in [0.15, 0.2) is 0 Å². The van der Waals surface area contributed by atoms with E-state index in [-0.39, 0.29) is 24.0 Å². The molecule has 0 saturated heterocycles. The van der Waals surface area contributed by atoms with Gasteiger partial charge in [0.05, 0.1) is 6.04 Å². The van der Waals surface area contributed by atoms with Gasteiger partial charge < -0.3 is 16.0 Å². The van der Waals surface area contributed by atoms with Gasteiger partial charge >= 0.3 is 6.03 Å². The fraction of sp³-hybridized carbons (Fsp3) is 0.364. The Morgan fingerprint density at radius 3 is 2.29 bits per heavy atom. The maximum absolute atomic E-state index is 12.5. The molecule has 0 spiro atoms. The highest BCUT2D eigenvalue weighted by atomic mass is 35.5. The molecule has 3 rings (SSSR count). The van der Waals surface area contributed by atoms with Crippen molar-refractivity contribution in [2.45, 2.75) is 51.2 Å². The maximum atomic E-state index is 12.5. The minimum absolute atomic E-state index is 0.0754. The Kier molecular flexibility index (Phi) is 6.93. The third-order valence-electron chi connectivity index (χ3n) is 5.11. The van der Waals surface area contributed by atoms with Crippen molar-refractivity contribution in [1.29, 1.82) is 0 Å². The number of benzene rings is 2. The van der Waals surface area contributed by atoms with Crippen molar-refractivity contribution in [3.63, 3.8) is 0 Å². The van der Waals surface area contributed by atoms with Gasteiger partial charge in [-0.1, -0.05) is 60.3 Å². The van der Waals surface area contributed by atoms with E-state index in [0.29, 0.717) is 17.1 Å². The fourth-order valence-corrected chi connectivity index (χ4v) is 3.67. The zero-order chi connectivity index (χ0) is 19.9. The van der Waals surface area contributed by atoms with E-state index < -0.39 is 0 Å². The standard InChI is InChI=1S/C22H26ClN3O2/c1-15-10-12-16(13-11-15)21(27)25-19-8-4-5-9-20(19)26-22(28)24-14-17-6-2-3-7-18(17)23/h2-3,6-7,10-13,19-20H,4-5,8-9,14H2,1H3,(H,25,27)(H2,24,26,28). The molecule has 3 amide bonds. The Bertz CT molecular complexity index is 823. The van der Waals surface area contributed by atoms with Crippen molar-refractivity contribution >= 4 is 23.5 Å². The lowest BCUT2D eigenvalue weighted by molar-refractivity contribution is 0.0916. The van der Waals surface area contributed by atoms with E-state index >= 15 is 0 Å². The highest BCUT2D eigenvalue weighted by Gasteiger charge is 2.28. The molecule has 2 atom stereocenters. The summed E-state index contributed by atoms with van der Waals surface area (Å²) < 4.78 is 0. The summed E-state index contributed by atoms with van der Waals surface area (Å²) in [4.78, 5) is 24.9. The molecule has 0 heterocycles. The van der Waals surface area contributed by atoms with Gasteiger partial charge in [-0.3, -0.25) is 4.79 Å². The van der Waals surface area contributed by atoms with Gasteiger partial charge in [0.1, 0.15) is 0 Å². The number of rotatable bonds is 5. The van der Waals surface area contributed by atoms with Gasteiger partial charge in [0.2, 0.25) is 0 Å². The molecule has 0 aliphatic heterocycles. The molecule has 1 aliphatic rings. The molecule has 3 N–H and O–H groups in total. The summed E-state index contributed by atoms with van der Waals surface area (Å²) in [5.41, 5.74) is 2.62. The Balaban J connectivity index is 1.55. The summed E-state index contributed by atoms with van der Waals surface area (Å²) in [5.74, 6) is -0.102. The molecule has 1 fully saturated rings. The zero-order valence-electron chi connectivity index (χ0n) is 16.0. The molecule has 6 heteroatoms. The first-order chi connectivity index (χ1) is 13.5. The second-order valence-corrected chi connectivity index (χ2v) is 7.66. The number of aryl methyl sites for hydroxylation is 1. The normalized spacial score (nSPS) is 18.9. The first kappa shape index (κ1) is 20.2. The van der Waals surface area contributed by atoms with Crippen LogP contribution in [0.1, 0.15) is 47.2 Å². The molecule has 2 aromatic carbocycles. The molecule has 2 aromatic rings. The number of hydrogen-bond donors (Lipinski definition) is 3. The molecular formula is C22H26ClN3O2. The minimum Gasteiger partial charge on any atom is -0.347 e. The number of urea groups is 1. The van der Waals surface area contributed by atoms with Crippen molar-refractivity contribution in [2.24, 2.45) is 0 Å². The molecule has 2 unspecified atom stereocenters. The minimum atomic E-state index is -0.249. The molecule has 1 aliphatic carbocycles. The van der Waals surface area contributed by atoms with Crippen molar-refractivity contribution in [1.82, 2.24) is 16.0 Å². The van der Waals surface area contributed by atoms with Crippen LogP contribution in [0.25, 0.3) is 0 Å². The molecule has 5 nitrogen and oxygen atoms in total. The second-order valence-electron chi connectivity index (χ2n) is 7.26. The summed E-state index contributed by atoms with van der Waals surface area (Å²) >= 11 is 6.13. The SMILES string of the molecule is Cc1ccc(C(=O)NC2CCCCC2NC(=O)NCc2ccccc2Cl)cc1. The highest BCUT2D eigenvalue weighted by molar-refractivity contribution is 6.31. The summed E-state index contributed by atoms with van der Waals surface area (Å²) in [5, 5.41) is 9.59. The molecular weight excluding hydrogens is 374 g/mol. The molecule has 1 saturated carbocycles. The lowest BCUT2D eigenvalue weighted by Gasteiger charge is -2.32. The van der Waals surface area contributed by atoms with Crippen LogP contribution in [0.3, 0.4) is 0 Å². The lowest BCUT2D eigenvalue weighted by atomic mass is 9.90. The second kappa shape index (κ2) is 9.60. The highest BCUT2D eigenvalue weighted by Crippen LogP contribution is 2.19. The van der Waals surface area contributed by atoms with Crippen molar-refractivity contribution in [3.05, 3.63) is 70.2 Å². The van der Waals surface area contributed by atoms with E-state index in [2.05, 4.69) is 16.0 Å². The Hall–Kier alpha value is -2.53. The average Bonchev–Trinajstić information content (AvgIpc) is 2.69. The summed E-state index contributed by atoms with van der Waals surface area (Å²) in [7, 11) is 0. The summed E-state index contributed by atoms with van der Waals surface area (Å²) in [6, 6.07) is 14.5. The van der Waals surface area contributed by atoms with Gasteiger partial charge in [-0.2, -0.15) is 0 Å². The molecule has 28 heavy (non-hydrogen) atoms. The molecule has 0 radical (unpaired) electrons. The van der Waals surface area contributed by atoms with Crippen LogP contribution in [0.4, 0.5) is 4.79 Å². The Labute approximate surface area is 170 Å². The van der Waals surface area contributed by atoms with Crippen LogP contribution >= 0.6 is 11.6 Å². The number of halogens is 1. The zero-order valence-corrected chi connectivity index (χ0v) is 16.8.